The zero-order valence-electron chi connectivity index (χ0n) is 15.2. The molecule has 6 nitrogen and oxygen atoms in total. The number of aryl methyl sites for hydroxylation is 1. The Morgan fingerprint density at radius 3 is 2.46 bits per heavy atom. The number of carbonyl (C=O) groups excluding carboxylic acids is 2. The normalized spacial score (nSPS) is 10.6. The van der Waals surface area contributed by atoms with Gasteiger partial charge in [0.1, 0.15) is 0 Å². The van der Waals surface area contributed by atoms with Crippen LogP contribution in [0.15, 0.2) is 48.5 Å². The molecule has 0 aliphatic heterocycles. The lowest BCUT2D eigenvalue weighted by atomic mass is 10.2. The molecule has 0 atom stereocenters. The Hall–Kier alpha value is -3.55. The molecular formula is C20H17F2N3O3. The number of nitrogens with zero attached hydrogens (tertiary/aromatic N) is 2. The highest BCUT2D eigenvalue weighted by atomic mass is 19.2. The van der Waals surface area contributed by atoms with Crippen molar-refractivity contribution in [3.8, 4) is 5.69 Å². The summed E-state index contributed by atoms with van der Waals surface area (Å²) in [6.07, 6.45) is 0. The Bertz CT molecular complexity index is 1030. The highest BCUT2D eigenvalue weighted by molar-refractivity contribution is 5.96. The lowest BCUT2D eigenvalue weighted by Crippen LogP contribution is -2.21. The van der Waals surface area contributed by atoms with E-state index in [1.165, 1.54) is 0 Å². The molecule has 28 heavy (non-hydrogen) atoms. The average molecular weight is 385 g/mol. The Kier molecular flexibility index (Phi) is 5.49. The molecule has 144 valence electrons. The van der Waals surface area contributed by atoms with E-state index in [1.807, 2.05) is 30.3 Å². The third-order valence-electron chi connectivity index (χ3n) is 4.05. The molecular weight excluding hydrogens is 368 g/mol. The standard InChI is InChI=1S/C20H17F2N3O3/c1-12-19(13(2)25(24-12)15-6-4-3-5-7-15)23-18(26)11-28-20(27)14-8-9-16(21)17(22)10-14/h3-10H,11H2,1-2H3,(H,23,26). The molecule has 0 radical (unpaired) electrons. The maximum absolute atomic E-state index is 13.2. The van der Waals surface area contributed by atoms with Gasteiger partial charge in [0.15, 0.2) is 18.2 Å². The summed E-state index contributed by atoms with van der Waals surface area (Å²) in [5.41, 5.74) is 2.48. The number of anilines is 1. The second-order valence-corrected chi connectivity index (χ2v) is 6.05. The number of benzene rings is 2. The minimum Gasteiger partial charge on any atom is -0.452 e. The largest absolute Gasteiger partial charge is 0.452 e. The highest BCUT2D eigenvalue weighted by Gasteiger charge is 2.17. The van der Waals surface area contributed by atoms with Crippen molar-refractivity contribution >= 4 is 17.6 Å². The summed E-state index contributed by atoms with van der Waals surface area (Å²) in [5, 5.41) is 7.07. The van der Waals surface area contributed by atoms with Crippen molar-refractivity contribution < 1.29 is 23.1 Å². The molecule has 0 unspecified atom stereocenters. The van der Waals surface area contributed by atoms with Gasteiger partial charge in [-0.05, 0) is 44.2 Å². The number of carbonyl (C=O) groups is 2. The molecule has 1 heterocycles. The van der Waals surface area contributed by atoms with Gasteiger partial charge in [0.05, 0.1) is 28.3 Å². The first kappa shape index (κ1) is 19.2. The van der Waals surface area contributed by atoms with Gasteiger partial charge in [-0.2, -0.15) is 5.10 Å². The molecule has 0 saturated carbocycles. The molecule has 0 spiro atoms. The number of aromatic nitrogens is 2. The van der Waals surface area contributed by atoms with Crippen LogP contribution in [0.3, 0.4) is 0 Å². The number of hydrogen-bond acceptors (Lipinski definition) is 4. The lowest BCUT2D eigenvalue weighted by Gasteiger charge is -2.08. The van der Waals surface area contributed by atoms with E-state index in [9.17, 15) is 18.4 Å². The third kappa shape index (κ3) is 4.06. The average Bonchev–Trinajstić information content (AvgIpc) is 2.97. The second kappa shape index (κ2) is 7.99. The first-order valence-electron chi connectivity index (χ1n) is 8.40. The predicted octanol–water partition coefficient (Wildman–Crippen LogP) is 3.56. The Morgan fingerprint density at radius 1 is 1.07 bits per heavy atom. The molecule has 0 aliphatic rings. The number of rotatable bonds is 5. The Morgan fingerprint density at radius 2 is 1.79 bits per heavy atom. The fourth-order valence-electron chi connectivity index (χ4n) is 2.66. The number of nitrogens with one attached hydrogen (secondary N) is 1. The van der Waals surface area contributed by atoms with E-state index in [2.05, 4.69) is 10.4 Å². The highest BCUT2D eigenvalue weighted by Crippen LogP contribution is 2.22. The summed E-state index contributed by atoms with van der Waals surface area (Å²) in [7, 11) is 0. The van der Waals surface area contributed by atoms with E-state index >= 15 is 0 Å². The molecule has 2 aromatic carbocycles. The predicted molar refractivity (Wildman–Crippen MR) is 98.3 cm³/mol. The number of amides is 1. The van der Waals surface area contributed by atoms with Crippen molar-refractivity contribution in [1.82, 2.24) is 9.78 Å². The molecule has 0 aliphatic carbocycles. The molecule has 0 bridgehead atoms. The van der Waals surface area contributed by atoms with Gasteiger partial charge in [-0.3, -0.25) is 4.79 Å². The zero-order valence-corrected chi connectivity index (χ0v) is 15.2. The van der Waals surface area contributed by atoms with Crippen LogP contribution in [0.1, 0.15) is 21.7 Å². The quantitative estimate of drug-likeness (QED) is 0.682. The van der Waals surface area contributed by atoms with Crippen LogP contribution >= 0.6 is 0 Å². The topological polar surface area (TPSA) is 73.2 Å². The SMILES string of the molecule is Cc1nn(-c2ccccc2)c(C)c1NC(=O)COC(=O)c1ccc(F)c(F)c1. The Balaban J connectivity index is 1.66. The number of para-hydroxylation sites is 1. The minimum atomic E-state index is -1.17. The number of esters is 1. The van der Waals surface area contributed by atoms with Crippen LogP contribution in [0.25, 0.3) is 5.69 Å². The zero-order chi connectivity index (χ0) is 20.3. The summed E-state index contributed by atoms with van der Waals surface area (Å²) in [6.45, 7) is 2.97. The number of ether oxygens (including phenoxy) is 1. The fraction of sp³-hybridized carbons (Fsp3) is 0.150. The summed E-state index contributed by atoms with van der Waals surface area (Å²) >= 11 is 0. The van der Waals surface area contributed by atoms with E-state index < -0.39 is 30.1 Å². The Labute approximate surface area is 159 Å². The number of hydrogen-bond donors (Lipinski definition) is 1. The van der Waals surface area contributed by atoms with E-state index in [0.29, 0.717) is 23.1 Å². The molecule has 0 fully saturated rings. The molecule has 0 saturated heterocycles. The summed E-state index contributed by atoms with van der Waals surface area (Å²) < 4.78 is 32.7. The van der Waals surface area contributed by atoms with Crippen LogP contribution in [0.5, 0.6) is 0 Å². The molecule has 3 rings (SSSR count). The maximum atomic E-state index is 13.2. The minimum absolute atomic E-state index is 0.184. The molecule has 3 aromatic rings. The van der Waals surface area contributed by atoms with Crippen molar-refractivity contribution in [2.24, 2.45) is 0 Å². The first-order valence-corrected chi connectivity index (χ1v) is 8.40. The monoisotopic (exact) mass is 385 g/mol. The lowest BCUT2D eigenvalue weighted by molar-refractivity contribution is -0.119. The summed E-state index contributed by atoms with van der Waals surface area (Å²) in [6, 6.07) is 12.0. The van der Waals surface area contributed by atoms with Crippen molar-refractivity contribution in [1.29, 1.82) is 0 Å². The third-order valence-corrected chi connectivity index (χ3v) is 4.05. The van der Waals surface area contributed by atoms with Gasteiger partial charge in [0.25, 0.3) is 5.91 Å². The summed E-state index contributed by atoms with van der Waals surface area (Å²) in [5.74, 6) is -3.74. The van der Waals surface area contributed by atoms with Crippen LogP contribution in [-0.2, 0) is 9.53 Å². The van der Waals surface area contributed by atoms with E-state index in [0.717, 1.165) is 17.8 Å². The second-order valence-electron chi connectivity index (χ2n) is 6.05. The van der Waals surface area contributed by atoms with Gasteiger partial charge in [-0.1, -0.05) is 18.2 Å². The van der Waals surface area contributed by atoms with Crippen molar-refractivity contribution in [2.75, 3.05) is 11.9 Å². The van der Waals surface area contributed by atoms with Gasteiger partial charge in [0.2, 0.25) is 0 Å². The van der Waals surface area contributed by atoms with Gasteiger partial charge in [-0.25, -0.2) is 18.3 Å². The number of halogens is 2. The van der Waals surface area contributed by atoms with Crippen molar-refractivity contribution in [3.05, 3.63) is 77.1 Å². The molecule has 1 amide bonds. The van der Waals surface area contributed by atoms with E-state index in [1.54, 1.807) is 18.5 Å². The fourth-order valence-corrected chi connectivity index (χ4v) is 2.66. The molecule has 8 heteroatoms. The van der Waals surface area contributed by atoms with Crippen LogP contribution < -0.4 is 5.32 Å². The van der Waals surface area contributed by atoms with Crippen molar-refractivity contribution in [2.45, 2.75) is 13.8 Å². The van der Waals surface area contributed by atoms with Crippen LogP contribution in [0.4, 0.5) is 14.5 Å². The van der Waals surface area contributed by atoms with Crippen LogP contribution in [-0.4, -0.2) is 28.3 Å². The van der Waals surface area contributed by atoms with Crippen molar-refractivity contribution in [3.63, 3.8) is 0 Å². The van der Waals surface area contributed by atoms with Crippen LogP contribution in [0.2, 0.25) is 0 Å². The first-order chi connectivity index (χ1) is 13.4. The van der Waals surface area contributed by atoms with Gasteiger partial charge in [0, 0.05) is 0 Å². The van der Waals surface area contributed by atoms with Gasteiger partial charge < -0.3 is 10.1 Å². The maximum Gasteiger partial charge on any atom is 0.338 e. The van der Waals surface area contributed by atoms with Crippen LogP contribution in [0, 0.1) is 25.5 Å². The van der Waals surface area contributed by atoms with Gasteiger partial charge >= 0.3 is 5.97 Å². The van der Waals surface area contributed by atoms with E-state index in [-0.39, 0.29) is 5.56 Å². The summed E-state index contributed by atoms with van der Waals surface area (Å²) in [4.78, 5) is 24.0. The molecule has 1 N–H and O–H groups in total. The van der Waals surface area contributed by atoms with E-state index in [4.69, 9.17) is 4.74 Å². The smallest absolute Gasteiger partial charge is 0.338 e. The van der Waals surface area contributed by atoms with Gasteiger partial charge in [-0.15, -0.1) is 0 Å². The molecule has 1 aromatic heterocycles.